The first-order valence-corrected chi connectivity index (χ1v) is 9.93. The largest absolute Gasteiger partial charge is 0.384 e. The monoisotopic (exact) mass is 345 g/mol. The van der Waals surface area contributed by atoms with Crippen LogP contribution in [-0.2, 0) is 21.9 Å². The summed E-state index contributed by atoms with van der Waals surface area (Å²) in [5.74, 6) is 0. The summed E-state index contributed by atoms with van der Waals surface area (Å²) in [6.07, 6.45) is 2.17. The zero-order valence-electron chi connectivity index (χ0n) is 14.3. The smallest absolute Gasteiger partial charge is 0.175 e. The third kappa shape index (κ3) is 3.32. The second kappa shape index (κ2) is 5.90. The van der Waals surface area contributed by atoms with Crippen molar-refractivity contribution in [2.75, 3.05) is 24.2 Å². The molecular formula is C19H23NO3S. The summed E-state index contributed by atoms with van der Waals surface area (Å²) in [5.41, 5.74) is 3.36. The van der Waals surface area contributed by atoms with Crippen LogP contribution in [0.5, 0.6) is 0 Å². The summed E-state index contributed by atoms with van der Waals surface area (Å²) in [7, 11) is -3.22. The third-order valence-electron chi connectivity index (χ3n) is 4.64. The number of hydrogen-bond acceptors (Lipinski definition) is 4. The van der Waals surface area contributed by atoms with E-state index in [0.29, 0.717) is 6.54 Å². The van der Waals surface area contributed by atoms with Crippen molar-refractivity contribution in [3.63, 3.8) is 0 Å². The molecule has 1 unspecified atom stereocenters. The topological polar surface area (TPSA) is 57.6 Å². The summed E-state index contributed by atoms with van der Waals surface area (Å²) in [6.45, 7) is 5.20. The van der Waals surface area contributed by atoms with Crippen LogP contribution in [-0.4, -0.2) is 32.9 Å². The Kier molecular flexibility index (Phi) is 4.18. The zero-order chi connectivity index (χ0) is 17.5. The van der Waals surface area contributed by atoms with E-state index in [0.717, 1.165) is 18.5 Å². The third-order valence-corrected chi connectivity index (χ3v) is 5.76. The van der Waals surface area contributed by atoms with Gasteiger partial charge in [0.15, 0.2) is 9.84 Å². The van der Waals surface area contributed by atoms with Crippen LogP contribution < -0.4 is 4.90 Å². The molecule has 24 heavy (non-hydrogen) atoms. The fourth-order valence-electron chi connectivity index (χ4n) is 3.24. The minimum absolute atomic E-state index is 0.268. The molecular weight excluding hydrogens is 322 g/mol. The number of rotatable bonds is 4. The fourth-order valence-corrected chi connectivity index (χ4v) is 3.87. The summed E-state index contributed by atoms with van der Waals surface area (Å²) >= 11 is 0. The van der Waals surface area contributed by atoms with Crippen LogP contribution in [0.4, 0.5) is 5.69 Å². The van der Waals surface area contributed by atoms with Gasteiger partial charge in [0.05, 0.1) is 11.4 Å². The summed E-state index contributed by atoms with van der Waals surface area (Å²) in [4.78, 5) is 2.47. The van der Waals surface area contributed by atoms with Crippen LogP contribution >= 0.6 is 0 Å². The minimum atomic E-state index is -3.22. The van der Waals surface area contributed by atoms with Gasteiger partial charge in [-0.2, -0.15) is 0 Å². The van der Waals surface area contributed by atoms with Crippen molar-refractivity contribution in [2.24, 2.45) is 0 Å². The van der Waals surface area contributed by atoms with E-state index in [4.69, 9.17) is 0 Å². The molecule has 1 aliphatic rings. The number of anilines is 1. The van der Waals surface area contributed by atoms with E-state index in [9.17, 15) is 13.5 Å². The van der Waals surface area contributed by atoms with E-state index >= 15 is 0 Å². The normalized spacial score (nSPS) is 16.8. The lowest BCUT2D eigenvalue weighted by Gasteiger charge is -2.31. The molecule has 0 aromatic heterocycles. The van der Waals surface area contributed by atoms with Crippen LogP contribution in [0.1, 0.15) is 23.6 Å². The van der Waals surface area contributed by atoms with Gasteiger partial charge in [-0.05, 0) is 55.2 Å². The number of aliphatic hydroxyl groups is 1. The van der Waals surface area contributed by atoms with Crippen LogP contribution in [0.15, 0.2) is 47.4 Å². The lowest BCUT2D eigenvalue weighted by molar-refractivity contribution is 0.0648. The van der Waals surface area contributed by atoms with Gasteiger partial charge in [-0.15, -0.1) is 0 Å². The minimum Gasteiger partial charge on any atom is -0.384 e. The van der Waals surface area contributed by atoms with Crippen LogP contribution in [0.25, 0.3) is 0 Å². The molecule has 2 aromatic carbocycles. The summed E-state index contributed by atoms with van der Waals surface area (Å²) < 4.78 is 23.1. The average Bonchev–Trinajstić information content (AvgIpc) is 2.88. The number of benzene rings is 2. The molecule has 3 rings (SSSR count). The van der Waals surface area contributed by atoms with Crippen molar-refractivity contribution < 1.29 is 13.5 Å². The zero-order valence-corrected chi connectivity index (χ0v) is 15.1. The number of sulfone groups is 1. The quantitative estimate of drug-likeness (QED) is 0.926. The highest BCUT2D eigenvalue weighted by molar-refractivity contribution is 7.90. The van der Waals surface area contributed by atoms with E-state index in [-0.39, 0.29) is 4.90 Å². The molecule has 1 aliphatic heterocycles. The fraction of sp³-hybridized carbons (Fsp3) is 0.368. The molecule has 1 heterocycles. The van der Waals surface area contributed by atoms with Gasteiger partial charge in [-0.3, -0.25) is 0 Å². The van der Waals surface area contributed by atoms with Gasteiger partial charge >= 0.3 is 0 Å². The highest BCUT2D eigenvalue weighted by Gasteiger charge is 2.30. The Labute approximate surface area is 143 Å². The van der Waals surface area contributed by atoms with Crippen molar-refractivity contribution in [1.82, 2.24) is 0 Å². The van der Waals surface area contributed by atoms with Gasteiger partial charge in [-0.25, -0.2) is 8.42 Å². The van der Waals surface area contributed by atoms with Gasteiger partial charge in [0, 0.05) is 18.5 Å². The van der Waals surface area contributed by atoms with E-state index in [1.165, 1.54) is 23.1 Å². The highest BCUT2D eigenvalue weighted by atomic mass is 32.2. The molecule has 1 N–H and O–H groups in total. The Morgan fingerprint density at radius 1 is 1.17 bits per heavy atom. The lowest BCUT2D eigenvalue weighted by atomic mass is 9.95. The summed E-state index contributed by atoms with van der Waals surface area (Å²) in [5, 5.41) is 10.9. The summed E-state index contributed by atoms with van der Waals surface area (Å²) in [6, 6.07) is 12.9. The van der Waals surface area contributed by atoms with Gasteiger partial charge in [0.1, 0.15) is 5.60 Å². The second-order valence-electron chi connectivity index (χ2n) is 6.87. The number of aryl methyl sites for hydroxylation is 1. The van der Waals surface area contributed by atoms with Crippen molar-refractivity contribution in [1.29, 1.82) is 0 Å². The molecule has 128 valence electrons. The van der Waals surface area contributed by atoms with Gasteiger partial charge in [0.25, 0.3) is 0 Å². The van der Waals surface area contributed by atoms with Crippen molar-refractivity contribution in [2.45, 2.75) is 30.8 Å². The second-order valence-corrected chi connectivity index (χ2v) is 8.89. The predicted molar refractivity (Wildman–Crippen MR) is 96.2 cm³/mol. The molecule has 0 bridgehead atoms. The first-order valence-electron chi connectivity index (χ1n) is 8.04. The highest BCUT2D eigenvalue weighted by Crippen LogP contribution is 2.32. The predicted octanol–water partition coefficient (Wildman–Crippen LogP) is 2.67. The van der Waals surface area contributed by atoms with E-state index in [1.54, 1.807) is 31.2 Å². The molecule has 0 aliphatic carbocycles. The number of nitrogens with zero attached hydrogens (tertiary/aromatic N) is 1. The Bertz CT molecular complexity index is 855. The number of fused-ring (bicyclic) bond motifs is 1. The van der Waals surface area contributed by atoms with Gasteiger partial charge in [-0.1, -0.05) is 24.3 Å². The van der Waals surface area contributed by atoms with Crippen LogP contribution in [0.2, 0.25) is 0 Å². The van der Waals surface area contributed by atoms with Crippen molar-refractivity contribution in [3.8, 4) is 0 Å². The van der Waals surface area contributed by atoms with Gasteiger partial charge < -0.3 is 10.0 Å². The SMILES string of the molecule is Cc1ccc2c(c1)N(CC(C)(O)c1ccc(S(C)(=O)=O)cc1)CC2. The molecule has 1 atom stereocenters. The maximum atomic E-state index is 11.6. The average molecular weight is 345 g/mol. The van der Waals surface area contributed by atoms with Crippen molar-refractivity contribution in [3.05, 3.63) is 59.2 Å². The Balaban J connectivity index is 1.84. The Hall–Kier alpha value is -1.85. The van der Waals surface area contributed by atoms with E-state index < -0.39 is 15.4 Å². The molecule has 0 amide bonds. The van der Waals surface area contributed by atoms with Crippen molar-refractivity contribution >= 4 is 15.5 Å². The number of β-amino-alcohol motifs (C(OH)–C–C–N with tert-alkyl or cyclic N) is 1. The van der Waals surface area contributed by atoms with Crippen LogP contribution in [0, 0.1) is 6.92 Å². The molecule has 0 fully saturated rings. The first kappa shape index (κ1) is 17.0. The Morgan fingerprint density at radius 3 is 2.46 bits per heavy atom. The first-order chi connectivity index (χ1) is 11.2. The molecule has 5 heteroatoms. The molecule has 2 aromatic rings. The van der Waals surface area contributed by atoms with E-state index in [1.807, 2.05) is 0 Å². The van der Waals surface area contributed by atoms with E-state index in [2.05, 4.69) is 30.0 Å². The lowest BCUT2D eigenvalue weighted by Crippen LogP contribution is -2.38. The molecule has 4 nitrogen and oxygen atoms in total. The molecule has 0 saturated heterocycles. The molecule has 0 spiro atoms. The molecule has 0 saturated carbocycles. The number of hydrogen-bond donors (Lipinski definition) is 1. The maximum Gasteiger partial charge on any atom is 0.175 e. The maximum absolute atomic E-state index is 11.6. The van der Waals surface area contributed by atoms with Gasteiger partial charge in [0.2, 0.25) is 0 Å². The van der Waals surface area contributed by atoms with Crippen LogP contribution in [0.3, 0.4) is 0 Å². The Morgan fingerprint density at radius 2 is 1.83 bits per heavy atom. The molecule has 0 radical (unpaired) electrons. The standard InChI is InChI=1S/C19H23NO3S/c1-14-4-5-15-10-11-20(18(15)12-14)13-19(2,21)16-6-8-17(9-7-16)24(3,22)23/h4-9,12,21H,10-11,13H2,1-3H3.